The minimum absolute atomic E-state index is 0.0935. The van der Waals surface area contributed by atoms with E-state index in [1.54, 1.807) is 0 Å². The third-order valence-electron chi connectivity index (χ3n) is 2.03. The summed E-state index contributed by atoms with van der Waals surface area (Å²) >= 11 is 0. The number of rotatable bonds is 7. The molecule has 94 valence electrons. The van der Waals surface area contributed by atoms with Gasteiger partial charge in [-0.25, -0.2) is 0 Å². The highest BCUT2D eigenvalue weighted by atomic mass is 16.3. The van der Waals surface area contributed by atoms with Crippen LogP contribution in [0.5, 0.6) is 0 Å². The molecule has 15 heavy (non-hydrogen) atoms. The Balaban J connectivity index is 0. The van der Waals surface area contributed by atoms with Crippen LogP contribution in [0.3, 0.4) is 0 Å². The van der Waals surface area contributed by atoms with Gasteiger partial charge in [0.05, 0.1) is 25.4 Å². The van der Waals surface area contributed by atoms with Gasteiger partial charge in [0.15, 0.2) is 0 Å². The topological polar surface area (TPSA) is 80.9 Å². The summed E-state index contributed by atoms with van der Waals surface area (Å²) in [6, 6.07) is 0. The molecular weight excluding hydrogens is 196 g/mol. The molecule has 4 nitrogen and oxygen atoms in total. The lowest BCUT2D eigenvalue weighted by Gasteiger charge is -2.04. The zero-order valence-electron chi connectivity index (χ0n) is 9.89. The molecule has 0 aliphatic rings. The van der Waals surface area contributed by atoms with E-state index in [2.05, 4.69) is 6.92 Å². The van der Waals surface area contributed by atoms with E-state index >= 15 is 0 Å². The summed E-state index contributed by atoms with van der Waals surface area (Å²) in [5, 5.41) is 33.7. The minimum Gasteiger partial charge on any atom is -0.394 e. The molecular formula is C11H26O4. The Labute approximate surface area is 92.6 Å². The van der Waals surface area contributed by atoms with Crippen molar-refractivity contribution in [2.75, 3.05) is 13.2 Å². The molecule has 0 aromatic carbocycles. The fraction of sp³-hybridized carbons (Fsp3) is 1.00. The van der Waals surface area contributed by atoms with Gasteiger partial charge in [-0.15, -0.1) is 0 Å². The average Bonchev–Trinajstić information content (AvgIpc) is 2.28. The second kappa shape index (κ2) is 13.8. The maximum Gasteiger partial charge on any atom is 0.0770 e. The number of hydrogen-bond donors (Lipinski definition) is 4. The van der Waals surface area contributed by atoms with Gasteiger partial charge in [0.1, 0.15) is 0 Å². The Bertz CT molecular complexity index is 105. The summed E-state index contributed by atoms with van der Waals surface area (Å²) in [7, 11) is 0. The lowest BCUT2D eigenvalue weighted by atomic mass is 10.1. The number of aliphatic hydroxyl groups is 4. The van der Waals surface area contributed by atoms with Crippen molar-refractivity contribution in [3.63, 3.8) is 0 Å². The summed E-state index contributed by atoms with van der Waals surface area (Å²) in [6.07, 6.45) is 3.72. The highest BCUT2D eigenvalue weighted by Gasteiger charge is 1.98. The van der Waals surface area contributed by atoms with Crippen LogP contribution in [0.4, 0.5) is 0 Å². The second-order valence-corrected chi connectivity index (χ2v) is 3.58. The van der Waals surface area contributed by atoms with Gasteiger partial charge in [0.25, 0.3) is 0 Å². The van der Waals surface area contributed by atoms with Crippen molar-refractivity contribution < 1.29 is 20.4 Å². The molecule has 2 atom stereocenters. The smallest absolute Gasteiger partial charge is 0.0770 e. The SMILES string of the molecule is CCCCCC(O)CO.CC[C@H](O)CO. The van der Waals surface area contributed by atoms with Crippen molar-refractivity contribution in [1.82, 2.24) is 0 Å². The van der Waals surface area contributed by atoms with Crippen LogP contribution in [-0.2, 0) is 0 Å². The molecule has 0 amide bonds. The van der Waals surface area contributed by atoms with Gasteiger partial charge < -0.3 is 20.4 Å². The first-order valence-corrected chi connectivity index (χ1v) is 5.70. The fourth-order valence-corrected chi connectivity index (χ4v) is 0.850. The molecule has 0 aliphatic heterocycles. The summed E-state index contributed by atoms with van der Waals surface area (Å²) in [5.74, 6) is 0. The lowest BCUT2D eigenvalue weighted by Crippen LogP contribution is -2.10. The van der Waals surface area contributed by atoms with Crippen molar-refractivity contribution in [1.29, 1.82) is 0 Å². The van der Waals surface area contributed by atoms with Crippen molar-refractivity contribution in [2.45, 2.75) is 58.2 Å². The second-order valence-electron chi connectivity index (χ2n) is 3.58. The summed E-state index contributed by atoms with van der Waals surface area (Å²) in [5.41, 5.74) is 0. The van der Waals surface area contributed by atoms with Crippen molar-refractivity contribution in [3.8, 4) is 0 Å². The van der Waals surface area contributed by atoms with Crippen LogP contribution in [0.2, 0.25) is 0 Å². The highest BCUT2D eigenvalue weighted by molar-refractivity contribution is 4.51. The molecule has 0 bridgehead atoms. The first kappa shape index (κ1) is 17.2. The van der Waals surface area contributed by atoms with Crippen LogP contribution in [0.1, 0.15) is 46.0 Å². The van der Waals surface area contributed by atoms with E-state index in [0.29, 0.717) is 6.42 Å². The zero-order chi connectivity index (χ0) is 12.1. The first-order valence-electron chi connectivity index (χ1n) is 5.70. The molecule has 4 N–H and O–H groups in total. The first-order chi connectivity index (χ1) is 7.12. The van der Waals surface area contributed by atoms with E-state index in [-0.39, 0.29) is 13.2 Å². The van der Waals surface area contributed by atoms with Gasteiger partial charge in [-0.05, 0) is 12.8 Å². The van der Waals surface area contributed by atoms with Gasteiger partial charge in [-0.3, -0.25) is 0 Å². The van der Waals surface area contributed by atoms with Crippen molar-refractivity contribution in [2.24, 2.45) is 0 Å². The van der Waals surface area contributed by atoms with Gasteiger partial charge in [0, 0.05) is 0 Å². The van der Waals surface area contributed by atoms with E-state index < -0.39 is 12.2 Å². The summed E-state index contributed by atoms with van der Waals surface area (Å²) in [6.45, 7) is 3.73. The van der Waals surface area contributed by atoms with E-state index in [1.807, 2.05) is 6.92 Å². The minimum atomic E-state index is -0.509. The summed E-state index contributed by atoms with van der Waals surface area (Å²) in [4.78, 5) is 0. The Morgan fingerprint density at radius 2 is 1.40 bits per heavy atom. The predicted molar refractivity (Wildman–Crippen MR) is 60.6 cm³/mol. The van der Waals surface area contributed by atoms with E-state index in [0.717, 1.165) is 25.7 Å². The molecule has 0 aliphatic carbocycles. The van der Waals surface area contributed by atoms with E-state index in [1.165, 1.54) is 0 Å². The average molecular weight is 222 g/mol. The fourth-order valence-electron chi connectivity index (χ4n) is 0.850. The number of aliphatic hydroxyl groups excluding tert-OH is 4. The quantitative estimate of drug-likeness (QED) is 0.477. The van der Waals surface area contributed by atoms with Crippen LogP contribution in [-0.4, -0.2) is 45.8 Å². The van der Waals surface area contributed by atoms with Crippen molar-refractivity contribution in [3.05, 3.63) is 0 Å². The molecule has 0 fully saturated rings. The molecule has 0 rings (SSSR count). The molecule has 0 heterocycles. The van der Waals surface area contributed by atoms with Crippen LogP contribution >= 0.6 is 0 Å². The highest BCUT2D eigenvalue weighted by Crippen LogP contribution is 2.01. The van der Waals surface area contributed by atoms with Crippen molar-refractivity contribution >= 4 is 0 Å². The molecule has 0 saturated heterocycles. The summed E-state index contributed by atoms with van der Waals surface area (Å²) < 4.78 is 0. The molecule has 0 aromatic heterocycles. The molecule has 0 spiro atoms. The molecule has 4 heteroatoms. The van der Waals surface area contributed by atoms with Gasteiger partial charge in [0.2, 0.25) is 0 Å². The Hall–Kier alpha value is -0.160. The zero-order valence-corrected chi connectivity index (χ0v) is 9.89. The third kappa shape index (κ3) is 16.5. The normalized spacial score (nSPS) is 14.0. The maximum absolute atomic E-state index is 8.83. The standard InChI is InChI=1S/C7H16O2.C4H10O2/c1-2-3-4-5-7(9)6-8;1-2-4(6)3-5/h7-9H,2-6H2,1H3;4-6H,2-3H2,1H3/t;4-/m.0/s1. The van der Waals surface area contributed by atoms with Crippen LogP contribution in [0, 0.1) is 0 Å². The lowest BCUT2D eigenvalue weighted by molar-refractivity contribution is 0.0861. The third-order valence-corrected chi connectivity index (χ3v) is 2.03. The van der Waals surface area contributed by atoms with Crippen LogP contribution < -0.4 is 0 Å². The Morgan fingerprint density at radius 1 is 0.867 bits per heavy atom. The molecule has 0 saturated carbocycles. The monoisotopic (exact) mass is 222 g/mol. The van der Waals surface area contributed by atoms with Gasteiger partial charge in [-0.1, -0.05) is 33.1 Å². The number of hydrogen-bond acceptors (Lipinski definition) is 4. The van der Waals surface area contributed by atoms with Gasteiger partial charge >= 0.3 is 0 Å². The predicted octanol–water partition coefficient (Wildman–Crippen LogP) is 0.669. The molecule has 0 aromatic rings. The largest absolute Gasteiger partial charge is 0.394 e. The van der Waals surface area contributed by atoms with E-state index in [9.17, 15) is 0 Å². The molecule has 0 radical (unpaired) electrons. The maximum atomic E-state index is 8.83. The van der Waals surface area contributed by atoms with E-state index in [4.69, 9.17) is 20.4 Å². The van der Waals surface area contributed by atoms with Crippen LogP contribution in [0.25, 0.3) is 0 Å². The number of unbranched alkanes of at least 4 members (excludes halogenated alkanes) is 2. The van der Waals surface area contributed by atoms with Crippen LogP contribution in [0.15, 0.2) is 0 Å². The van der Waals surface area contributed by atoms with Gasteiger partial charge in [-0.2, -0.15) is 0 Å². The Kier molecular flexibility index (Phi) is 15.9. The Morgan fingerprint density at radius 3 is 1.67 bits per heavy atom. The molecule has 1 unspecified atom stereocenters.